The van der Waals surface area contributed by atoms with E-state index < -0.39 is 0 Å². The molecular weight excluding hydrogens is 470 g/mol. The molecule has 1 aliphatic heterocycles. The molecule has 0 radical (unpaired) electrons. The number of aryl methyl sites for hydroxylation is 2. The zero-order valence-corrected chi connectivity index (χ0v) is 19.8. The second kappa shape index (κ2) is 8.81. The molecule has 0 unspecified atom stereocenters. The molecule has 9 heteroatoms. The highest BCUT2D eigenvalue weighted by Crippen LogP contribution is 2.36. The lowest BCUT2D eigenvalue weighted by Gasteiger charge is -2.19. The second-order valence-electron chi connectivity index (χ2n) is 8.10. The van der Waals surface area contributed by atoms with E-state index in [1.165, 1.54) is 16.6 Å². The summed E-state index contributed by atoms with van der Waals surface area (Å²) in [5.74, 6) is 1.22. The molecule has 0 spiro atoms. The predicted octanol–water partition coefficient (Wildman–Crippen LogP) is 4.44. The van der Waals surface area contributed by atoms with Gasteiger partial charge in [-0.25, -0.2) is 4.98 Å². The average Bonchev–Trinajstić information content (AvgIpc) is 3.44. The number of nitrogens with one attached hydrogen (secondary N) is 1. The second-order valence-corrected chi connectivity index (χ2v) is 10.1. The van der Waals surface area contributed by atoms with E-state index in [2.05, 4.69) is 5.32 Å². The van der Waals surface area contributed by atoms with Crippen LogP contribution in [0.5, 0.6) is 11.5 Å². The van der Waals surface area contributed by atoms with Crippen LogP contribution in [0.2, 0.25) is 0 Å². The summed E-state index contributed by atoms with van der Waals surface area (Å²) < 4.78 is 12.8. The number of rotatable bonds is 5. The Morgan fingerprint density at radius 2 is 1.91 bits per heavy atom. The number of thiophene rings is 1. The third-order valence-corrected chi connectivity index (χ3v) is 8.01. The lowest BCUT2D eigenvalue weighted by Crippen LogP contribution is -2.23. The Kier molecular flexibility index (Phi) is 5.50. The predicted molar refractivity (Wildman–Crippen MR) is 134 cm³/mol. The number of thioether (sulfide) groups is 1. The summed E-state index contributed by atoms with van der Waals surface area (Å²) in [6.45, 7) is 1.00. The number of amides is 1. The normalized spacial score (nSPS) is 14.2. The molecule has 34 heavy (non-hydrogen) atoms. The van der Waals surface area contributed by atoms with E-state index in [1.807, 2.05) is 30.3 Å². The highest BCUT2D eigenvalue weighted by molar-refractivity contribution is 7.99. The third-order valence-electron chi connectivity index (χ3n) is 5.88. The van der Waals surface area contributed by atoms with Gasteiger partial charge in [-0.3, -0.25) is 14.2 Å². The first-order chi connectivity index (χ1) is 16.7. The summed E-state index contributed by atoms with van der Waals surface area (Å²) in [6.07, 6.45) is 3.01. The molecule has 0 bridgehead atoms. The third kappa shape index (κ3) is 3.84. The number of nitrogens with zero attached hydrogens (tertiary/aromatic N) is 2. The minimum absolute atomic E-state index is 0.0645. The van der Waals surface area contributed by atoms with Crippen LogP contribution >= 0.6 is 23.1 Å². The van der Waals surface area contributed by atoms with Crippen molar-refractivity contribution in [1.82, 2.24) is 9.55 Å². The SMILES string of the molecule is O=C(CSc1nc2sc3c(c2c(=O)n1-c1ccccc1)CCC3)Nc1ccc2c(c1)OCCO2. The topological polar surface area (TPSA) is 82.5 Å². The van der Waals surface area contributed by atoms with Crippen LogP contribution < -0.4 is 20.3 Å². The highest BCUT2D eigenvalue weighted by atomic mass is 32.2. The van der Waals surface area contributed by atoms with Crippen LogP contribution in [0.15, 0.2) is 58.5 Å². The molecule has 0 atom stereocenters. The Morgan fingerprint density at radius 1 is 1.09 bits per heavy atom. The molecule has 4 aromatic rings. The summed E-state index contributed by atoms with van der Waals surface area (Å²) in [5, 5.41) is 4.14. The zero-order valence-electron chi connectivity index (χ0n) is 18.2. The molecule has 1 amide bonds. The molecule has 2 aromatic heterocycles. The molecule has 172 valence electrons. The molecule has 7 nitrogen and oxygen atoms in total. The van der Waals surface area contributed by atoms with E-state index in [9.17, 15) is 9.59 Å². The summed E-state index contributed by atoms with van der Waals surface area (Å²) in [6, 6.07) is 14.8. The van der Waals surface area contributed by atoms with E-state index >= 15 is 0 Å². The van der Waals surface area contributed by atoms with Gasteiger partial charge >= 0.3 is 0 Å². The molecular formula is C25H21N3O4S2. The first-order valence-corrected chi connectivity index (χ1v) is 12.9. The fraction of sp³-hybridized carbons (Fsp3) is 0.240. The summed E-state index contributed by atoms with van der Waals surface area (Å²) in [5.41, 5.74) is 2.46. The molecule has 6 rings (SSSR count). The number of anilines is 1. The molecule has 2 aromatic carbocycles. The number of aromatic nitrogens is 2. The van der Waals surface area contributed by atoms with E-state index in [4.69, 9.17) is 14.5 Å². The summed E-state index contributed by atoms with van der Waals surface area (Å²) in [7, 11) is 0. The minimum atomic E-state index is -0.190. The largest absolute Gasteiger partial charge is 0.486 e. The average molecular weight is 492 g/mol. The number of hydrogen-bond acceptors (Lipinski definition) is 7. The van der Waals surface area contributed by atoms with Crippen LogP contribution in [0.4, 0.5) is 5.69 Å². The summed E-state index contributed by atoms with van der Waals surface area (Å²) in [4.78, 5) is 33.2. The van der Waals surface area contributed by atoms with Crippen molar-refractivity contribution in [3.05, 3.63) is 69.3 Å². The molecule has 0 fully saturated rings. The zero-order chi connectivity index (χ0) is 23.1. The van der Waals surface area contributed by atoms with Gasteiger partial charge in [-0.1, -0.05) is 30.0 Å². The minimum Gasteiger partial charge on any atom is -0.486 e. The molecule has 3 heterocycles. The molecule has 0 saturated carbocycles. The smallest absolute Gasteiger partial charge is 0.267 e. The van der Waals surface area contributed by atoms with Crippen molar-refractivity contribution >= 4 is 44.9 Å². The first-order valence-electron chi connectivity index (χ1n) is 11.1. The van der Waals surface area contributed by atoms with Gasteiger partial charge in [0.25, 0.3) is 5.56 Å². The standard InChI is InChI=1S/C25H21N3O4S2/c29-21(26-15-9-10-18-19(13-15)32-12-11-31-18)14-33-25-27-23-22(17-7-4-8-20(17)34-23)24(30)28(25)16-5-2-1-3-6-16/h1-3,5-6,9-10,13H,4,7-8,11-12,14H2,(H,26,29). The van der Waals surface area contributed by atoms with Crippen molar-refractivity contribution in [3.8, 4) is 17.2 Å². The number of ether oxygens (including phenoxy) is 2. The van der Waals surface area contributed by atoms with Crippen molar-refractivity contribution in [3.63, 3.8) is 0 Å². The lowest BCUT2D eigenvalue weighted by atomic mass is 10.2. The van der Waals surface area contributed by atoms with E-state index in [-0.39, 0.29) is 17.2 Å². The van der Waals surface area contributed by atoms with Gasteiger partial charge in [0.2, 0.25) is 5.91 Å². The van der Waals surface area contributed by atoms with Crippen LogP contribution in [-0.2, 0) is 17.6 Å². The molecule has 1 N–H and O–H groups in total. The van der Waals surface area contributed by atoms with Crippen LogP contribution in [0, 0.1) is 0 Å². The van der Waals surface area contributed by atoms with Gasteiger partial charge in [0, 0.05) is 16.6 Å². The van der Waals surface area contributed by atoms with Gasteiger partial charge in [-0.15, -0.1) is 11.3 Å². The quantitative estimate of drug-likeness (QED) is 0.328. The van der Waals surface area contributed by atoms with E-state index in [0.29, 0.717) is 35.6 Å². The maximum absolute atomic E-state index is 13.6. The number of para-hydroxylation sites is 1. The maximum Gasteiger partial charge on any atom is 0.267 e. The monoisotopic (exact) mass is 491 g/mol. The number of hydrogen-bond donors (Lipinski definition) is 1. The molecule has 2 aliphatic rings. The van der Waals surface area contributed by atoms with Crippen molar-refractivity contribution in [2.75, 3.05) is 24.3 Å². The van der Waals surface area contributed by atoms with Crippen LogP contribution in [-0.4, -0.2) is 34.4 Å². The Labute approximate surface area is 203 Å². The van der Waals surface area contributed by atoms with Crippen LogP contribution in [0.1, 0.15) is 16.9 Å². The van der Waals surface area contributed by atoms with Gasteiger partial charge in [0.15, 0.2) is 16.7 Å². The van der Waals surface area contributed by atoms with E-state index in [1.54, 1.807) is 34.1 Å². The Hall–Kier alpha value is -3.30. The Morgan fingerprint density at radius 3 is 2.76 bits per heavy atom. The fourth-order valence-corrected chi connectivity index (χ4v) is 6.49. The van der Waals surface area contributed by atoms with Gasteiger partial charge in [0.1, 0.15) is 18.0 Å². The highest BCUT2D eigenvalue weighted by Gasteiger charge is 2.24. The first kappa shape index (κ1) is 21.2. The Balaban J connectivity index is 1.29. The van der Waals surface area contributed by atoms with Crippen molar-refractivity contribution < 1.29 is 14.3 Å². The van der Waals surface area contributed by atoms with Gasteiger partial charge in [-0.05, 0) is 49.1 Å². The molecule has 0 saturated heterocycles. The molecule has 1 aliphatic carbocycles. The van der Waals surface area contributed by atoms with E-state index in [0.717, 1.165) is 40.7 Å². The van der Waals surface area contributed by atoms with Crippen LogP contribution in [0.25, 0.3) is 15.9 Å². The number of carbonyl (C=O) groups is 1. The van der Waals surface area contributed by atoms with Gasteiger partial charge in [-0.2, -0.15) is 0 Å². The van der Waals surface area contributed by atoms with Gasteiger partial charge < -0.3 is 14.8 Å². The van der Waals surface area contributed by atoms with Crippen LogP contribution in [0.3, 0.4) is 0 Å². The van der Waals surface area contributed by atoms with Crippen molar-refractivity contribution in [2.45, 2.75) is 24.4 Å². The lowest BCUT2D eigenvalue weighted by molar-refractivity contribution is -0.113. The number of benzene rings is 2. The van der Waals surface area contributed by atoms with Gasteiger partial charge in [0.05, 0.1) is 16.8 Å². The number of fused-ring (bicyclic) bond motifs is 4. The fourth-order valence-electron chi connectivity index (χ4n) is 4.37. The Bertz CT molecular complexity index is 1460. The van der Waals surface area contributed by atoms with Crippen molar-refractivity contribution in [1.29, 1.82) is 0 Å². The maximum atomic E-state index is 13.6. The summed E-state index contributed by atoms with van der Waals surface area (Å²) >= 11 is 2.86. The number of carbonyl (C=O) groups excluding carboxylic acids is 1. The van der Waals surface area contributed by atoms with Crippen molar-refractivity contribution in [2.24, 2.45) is 0 Å².